The van der Waals surface area contributed by atoms with E-state index in [9.17, 15) is 4.79 Å². The second kappa shape index (κ2) is 7.64. The smallest absolute Gasteiger partial charge is 0.157 e. The molecule has 1 N–H and O–H groups in total. The van der Waals surface area contributed by atoms with Gasteiger partial charge in [0.05, 0.1) is 24.5 Å². The lowest BCUT2D eigenvalue weighted by molar-refractivity contribution is -0.224. The summed E-state index contributed by atoms with van der Waals surface area (Å²) in [6, 6.07) is 7.48. The topological polar surface area (TPSA) is 77.1 Å². The Morgan fingerprint density at radius 3 is 2.60 bits per heavy atom. The number of Topliss-reactive ketones (excluding diaryl/α,β-unsaturated/α-hetero) is 1. The number of aromatic nitrogens is 3. The van der Waals surface area contributed by atoms with E-state index in [0.717, 1.165) is 12.0 Å². The maximum absolute atomic E-state index is 13.3. The van der Waals surface area contributed by atoms with Gasteiger partial charge in [-0.2, -0.15) is 5.10 Å². The van der Waals surface area contributed by atoms with Gasteiger partial charge in [-0.1, -0.05) is 30.7 Å². The third-order valence-electron chi connectivity index (χ3n) is 4.54. The highest BCUT2D eigenvalue weighted by Crippen LogP contribution is 2.33. The predicted octanol–water partition coefficient (Wildman–Crippen LogP) is 3.14. The van der Waals surface area contributed by atoms with Crippen molar-refractivity contribution in [1.82, 2.24) is 15.2 Å². The third-order valence-corrected chi connectivity index (χ3v) is 4.79. The molecule has 1 aliphatic heterocycles. The molecule has 7 heteroatoms. The number of carbonyl (C=O) groups is 1. The van der Waals surface area contributed by atoms with E-state index >= 15 is 0 Å². The summed E-state index contributed by atoms with van der Waals surface area (Å²) in [6.07, 6.45) is 2.46. The van der Waals surface area contributed by atoms with Crippen molar-refractivity contribution in [3.8, 4) is 0 Å². The third kappa shape index (κ3) is 4.08. The molecule has 2 heterocycles. The first-order valence-corrected chi connectivity index (χ1v) is 8.77. The summed E-state index contributed by atoms with van der Waals surface area (Å²) in [5.74, 6) is 0.145. The van der Waals surface area contributed by atoms with Crippen molar-refractivity contribution in [2.75, 3.05) is 13.2 Å². The van der Waals surface area contributed by atoms with Gasteiger partial charge in [-0.15, -0.1) is 0 Å². The van der Waals surface area contributed by atoms with Gasteiger partial charge in [-0.05, 0) is 37.5 Å². The number of H-pyrrole nitrogens is 1. The largest absolute Gasteiger partial charge is 0.352 e. The average Bonchev–Trinajstić information content (AvgIpc) is 3.16. The first-order chi connectivity index (χ1) is 12.0. The van der Waals surface area contributed by atoms with Crippen LogP contribution in [0.15, 0.2) is 30.6 Å². The molecule has 0 amide bonds. The zero-order valence-corrected chi connectivity index (χ0v) is 15.1. The molecule has 1 unspecified atom stereocenters. The monoisotopic (exact) mass is 363 g/mol. The van der Waals surface area contributed by atoms with Crippen LogP contribution < -0.4 is 0 Å². The van der Waals surface area contributed by atoms with Crippen LogP contribution in [-0.4, -0.2) is 40.5 Å². The minimum absolute atomic E-state index is 0.0359. The van der Waals surface area contributed by atoms with Crippen LogP contribution in [-0.2, 0) is 20.7 Å². The van der Waals surface area contributed by atoms with Gasteiger partial charge in [-0.25, -0.2) is 4.98 Å². The van der Waals surface area contributed by atoms with Gasteiger partial charge in [0.25, 0.3) is 0 Å². The molecule has 1 aromatic carbocycles. The number of rotatable bonds is 6. The molecule has 25 heavy (non-hydrogen) atoms. The molecule has 0 aliphatic carbocycles. The van der Waals surface area contributed by atoms with E-state index in [1.54, 1.807) is 0 Å². The van der Waals surface area contributed by atoms with Crippen molar-refractivity contribution in [3.05, 3.63) is 47.0 Å². The number of ether oxygens (including phenoxy) is 2. The van der Waals surface area contributed by atoms with Crippen molar-refractivity contribution in [2.24, 2.45) is 5.41 Å². The van der Waals surface area contributed by atoms with Crippen molar-refractivity contribution < 1.29 is 14.3 Å². The SMILES string of the molecule is CCC1OCC(C)(C(=O)C(Cc2ccc(Cl)cc2)c2ncn[nH]2)CO1. The van der Waals surface area contributed by atoms with Gasteiger partial charge in [0.15, 0.2) is 12.1 Å². The van der Waals surface area contributed by atoms with Crippen LogP contribution in [0.3, 0.4) is 0 Å². The van der Waals surface area contributed by atoms with Gasteiger partial charge in [0.1, 0.15) is 12.2 Å². The van der Waals surface area contributed by atoms with Gasteiger partial charge >= 0.3 is 0 Å². The van der Waals surface area contributed by atoms with E-state index in [1.165, 1.54) is 6.33 Å². The van der Waals surface area contributed by atoms with Crippen molar-refractivity contribution in [3.63, 3.8) is 0 Å². The molecule has 134 valence electrons. The number of ketones is 1. The highest BCUT2D eigenvalue weighted by Gasteiger charge is 2.43. The molecule has 1 aliphatic rings. The van der Waals surface area contributed by atoms with E-state index in [0.29, 0.717) is 30.5 Å². The Morgan fingerprint density at radius 1 is 1.36 bits per heavy atom. The van der Waals surface area contributed by atoms with Crippen molar-refractivity contribution >= 4 is 17.4 Å². The number of benzene rings is 1. The number of halogens is 1. The summed E-state index contributed by atoms with van der Waals surface area (Å²) in [5, 5.41) is 7.40. The average molecular weight is 364 g/mol. The maximum atomic E-state index is 13.3. The lowest BCUT2D eigenvalue weighted by atomic mass is 9.77. The molecule has 0 radical (unpaired) electrons. The predicted molar refractivity (Wildman–Crippen MR) is 93.4 cm³/mol. The second-order valence-corrected chi connectivity index (χ2v) is 7.08. The first kappa shape index (κ1) is 18.0. The second-order valence-electron chi connectivity index (χ2n) is 6.64. The fourth-order valence-electron chi connectivity index (χ4n) is 2.99. The Labute approximate surface area is 151 Å². The quantitative estimate of drug-likeness (QED) is 0.853. The summed E-state index contributed by atoms with van der Waals surface area (Å²) in [7, 11) is 0. The molecule has 0 bridgehead atoms. The number of hydrogen-bond acceptors (Lipinski definition) is 5. The molecule has 0 spiro atoms. The van der Waals surface area contributed by atoms with Crippen molar-refractivity contribution in [1.29, 1.82) is 0 Å². The normalized spacial score (nSPS) is 24.8. The number of nitrogens with one attached hydrogen (secondary N) is 1. The van der Waals surface area contributed by atoms with Gasteiger partial charge in [-0.3, -0.25) is 9.89 Å². The lowest BCUT2D eigenvalue weighted by Gasteiger charge is -2.37. The summed E-state index contributed by atoms with van der Waals surface area (Å²) in [6.45, 7) is 4.56. The van der Waals surface area contributed by atoms with Crippen LogP contribution in [0.25, 0.3) is 0 Å². The molecule has 1 atom stereocenters. The molecule has 3 rings (SSSR count). The van der Waals surface area contributed by atoms with Gasteiger partial charge in [0.2, 0.25) is 0 Å². The minimum Gasteiger partial charge on any atom is -0.352 e. The first-order valence-electron chi connectivity index (χ1n) is 8.39. The van der Waals surface area contributed by atoms with Gasteiger partial charge < -0.3 is 9.47 Å². The van der Waals surface area contributed by atoms with Crippen LogP contribution in [0.2, 0.25) is 5.02 Å². The Kier molecular flexibility index (Phi) is 5.51. The van der Waals surface area contributed by atoms with Crippen LogP contribution in [0, 0.1) is 5.41 Å². The molecule has 1 saturated heterocycles. The summed E-state index contributed by atoms with van der Waals surface area (Å²) < 4.78 is 11.4. The van der Waals surface area contributed by atoms with Crippen LogP contribution >= 0.6 is 11.6 Å². The van der Waals surface area contributed by atoms with E-state index < -0.39 is 11.3 Å². The number of carbonyl (C=O) groups excluding carboxylic acids is 1. The van der Waals surface area contributed by atoms with E-state index in [2.05, 4.69) is 15.2 Å². The molecule has 0 saturated carbocycles. The molecule has 1 aromatic heterocycles. The standard InChI is InChI=1S/C18H22ClN3O3/c1-3-15-24-9-18(2,10-25-15)16(23)14(17-20-11-21-22-17)8-12-4-6-13(19)7-5-12/h4-7,11,14-15H,3,8-10H2,1-2H3,(H,20,21,22). The highest BCUT2D eigenvalue weighted by atomic mass is 35.5. The Morgan fingerprint density at radius 2 is 2.04 bits per heavy atom. The fourth-order valence-corrected chi connectivity index (χ4v) is 3.12. The Balaban J connectivity index is 1.82. The van der Waals surface area contributed by atoms with Crippen LogP contribution in [0.1, 0.15) is 37.6 Å². The minimum atomic E-state index is -0.713. The van der Waals surface area contributed by atoms with Crippen LogP contribution in [0.5, 0.6) is 0 Å². The molecular formula is C18H22ClN3O3. The van der Waals surface area contributed by atoms with Gasteiger partial charge in [0, 0.05) is 5.02 Å². The maximum Gasteiger partial charge on any atom is 0.157 e. The van der Waals surface area contributed by atoms with Crippen molar-refractivity contribution in [2.45, 2.75) is 38.9 Å². The summed E-state index contributed by atoms with van der Waals surface area (Å²) in [5.41, 5.74) is 0.294. The number of aromatic amines is 1. The van der Waals surface area contributed by atoms with E-state index in [4.69, 9.17) is 21.1 Å². The van der Waals surface area contributed by atoms with E-state index in [1.807, 2.05) is 38.1 Å². The number of hydrogen-bond donors (Lipinski definition) is 1. The zero-order valence-electron chi connectivity index (χ0n) is 14.4. The summed E-state index contributed by atoms with van der Waals surface area (Å²) in [4.78, 5) is 17.5. The van der Waals surface area contributed by atoms with E-state index in [-0.39, 0.29) is 12.1 Å². The Hall–Kier alpha value is -1.76. The zero-order chi connectivity index (χ0) is 17.9. The number of nitrogens with zero attached hydrogens (tertiary/aromatic N) is 2. The fraction of sp³-hybridized carbons (Fsp3) is 0.500. The molecule has 6 nitrogen and oxygen atoms in total. The molecule has 1 fully saturated rings. The Bertz CT molecular complexity index is 695. The molecular weight excluding hydrogens is 342 g/mol. The lowest BCUT2D eigenvalue weighted by Crippen LogP contribution is -2.47. The van der Waals surface area contributed by atoms with Crippen LogP contribution in [0.4, 0.5) is 0 Å². The summed E-state index contributed by atoms with van der Waals surface area (Å²) >= 11 is 5.95. The molecule has 2 aromatic rings. The highest BCUT2D eigenvalue weighted by molar-refractivity contribution is 6.30.